The second kappa shape index (κ2) is 7.73. The highest BCUT2D eigenvalue weighted by Gasteiger charge is 2.22. The van der Waals surface area contributed by atoms with Crippen molar-refractivity contribution < 1.29 is 4.79 Å². The maximum atomic E-state index is 12.5. The molecule has 0 saturated carbocycles. The van der Waals surface area contributed by atoms with Crippen molar-refractivity contribution in [2.45, 2.75) is 20.0 Å². The van der Waals surface area contributed by atoms with Gasteiger partial charge in [-0.3, -0.25) is 14.5 Å². The number of carbonyl (C=O) groups excluding carboxylic acids is 1. The van der Waals surface area contributed by atoms with Crippen LogP contribution in [0.25, 0.3) is 5.65 Å². The van der Waals surface area contributed by atoms with Crippen LogP contribution in [0.1, 0.15) is 11.4 Å². The Morgan fingerprint density at radius 3 is 2.68 bits per heavy atom. The van der Waals surface area contributed by atoms with Gasteiger partial charge in [0.05, 0.1) is 16.4 Å². The predicted molar refractivity (Wildman–Crippen MR) is 105 cm³/mol. The third-order valence-electron chi connectivity index (χ3n) is 4.86. The van der Waals surface area contributed by atoms with Crippen LogP contribution in [0.5, 0.6) is 0 Å². The van der Waals surface area contributed by atoms with E-state index in [1.165, 1.54) is 10.7 Å². The minimum absolute atomic E-state index is 0.0201. The number of pyridine rings is 1. The lowest BCUT2D eigenvalue weighted by atomic mass is 10.3. The Morgan fingerprint density at radius 2 is 1.89 bits per heavy atom. The first kappa shape index (κ1) is 18.6. The van der Waals surface area contributed by atoms with Crippen molar-refractivity contribution in [2.24, 2.45) is 0 Å². The Labute approximate surface area is 167 Å². The normalized spacial score (nSPS) is 15.3. The Kier molecular flexibility index (Phi) is 5.15. The number of nitrogens with zero attached hydrogens (tertiary/aromatic N) is 6. The maximum Gasteiger partial charge on any atom is 0.267 e. The first-order valence-electron chi connectivity index (χ1n) is 9.16. The molecule has 0 radical (unpaired) electrons. The second-order valence-corrected chi connectivity index (χ2v) is 7.41. The number of imidazole rings is 1. The Hall–Kier alpha value is -2.71. The molecule has 1 fully saturated rings. The number of amides is 1. The average molecular weight is 401 g/mol. The number of aromatic nitrogens is 4. The second-order valence-electron chi connectivity index (χ2n) is 6.97. The summed E-state index contributed by atoms with van der Waals surface area (Å²) < 4.78 is 3.15. The molecular weight excluding hydrogens is 380 g/mol. The third kappa shape index (κ3) is 4.07. The molecule has 0 spiro atoms. The Morgan fingerprint density at radius 1 is 1.11 bits per heavy atom. The molecule has 0 aromatic carbocycles. The number of rotatable bonds is 4. The zero-order valence-corrected chi connectivity index (χ0v) is 16.3. The van der Waals surface area contributed by atoms with Gasteiger partial charge < -0.3 is 9.30 Å². The quantitative estimate of drug-likeness (QED) is 0.657. The molecule has 0 atom stereocenters. The lowest BCUT2D eigenvalue weighted by Crippen LogP contribution is -2.49. The van der Waals surface area contributed by atoms with Gasteiger partial charge in [0.15, 0.2) is 0 Å². The van der Waals surface area contributed by atoms with E-state index in [4.69, 9.17) is 11.6 Å². The van der Waals surface area contributed by atoms with E-state index in [9.17, 15) is 9.59 Å². The summed E-state index contributed by atoms with van der Waals surface area (Å²) in [6, 6.07) is 6.81. The van der Waals surface area contributed by atoms with Crippen molar-refractivity contribution in [3.8, 4) is 0 Å². The maximum absolute atomic E-state index is 12.5. The van der Waals surface area contributed by atoms with E-state index in [0.29, 0.717) is 23.8 Å². The van der Waals surface area contributed by atoms with Crippen LogP contribution in [0.4, 0.5) is 0 Å². The molecule has 0 unspecified atom stereocenters. The largest absolute Gasteiger partial charge is 0.339 e. The summed E-state index contributed by atoms with van der Waals surface area (Å²) in [5.74, 6) is -0.0813. The number of aryl methyl sites for hydroxylation is 1. The summed E-state index contributed by atoms with van der Waals surface area (Å²) in [6.07, 6.45) is 3.82. The molecule has 4 rings (SSSR count). The number of piperazine rings is 1. The van der Waals surface area contributed by atoms with Crippen LogP contribution in [0, 0.1) is 6.92 Å². The van der Waals surface area contributed by atoms with Crippen molar-refractivity contribution in [1.29, 1.82) is 0 Å². The van der Waals surface area contributed by atoms with Crippen LogP contribution in [0.3, 0.4) is 0 Å². The molecule has 0 N–H and O–H groups in total. The number of carbonyl (C=O) groups is 1. The average Bonchev–Trinajstić information content (AvgIpc) is 3.06. The molecule has 0 aliphatic carbocycles. The van der Waals surface area contributed by atoms with Crippen molar-refractivity contribution in [3.05, 3.63) is 63.4 Å². The number of fused-ring (bicyclic) bond motifs is 1. The number of halogens is 1. The highest BCUT2D eigenvalue weighted by atomic mass is 35.5. The third-order valence-corrected chi connectivity index (χ3v) is 5.08. The van der Waals surface area contributed by atoms with E-state index < -0.39 is 0 Å². The van der Waals surface area contributed by atoms with E-state index in [0.717, 1.165) is 31.0 Å². The summed E-state index contributed by atoms with van der Waals surface area (Å²) in [5.41, 5.74) is 2.29. The van der Waals surface area contributed by atoms with Gasteiger partial charge in [-0.1, -0.05) is 11.6 Å². The molecule has 28 heavy (non-hydrogen) atoms. The molecule has 3 aromatic heterocycles. The fraction of sp³-hybridized carbons (Fsp3) is 0.368. The number of hydrogen-bond donors (Lipinski definition) is 0. The molecule has 1 saturated heterocycles. The first-order chi connectivity index (χ1) is 13.5. The fourth-order valence-corrected chi connectivity index (χ4v) is 3.54. The van der Waals surface area contributed by atoms with Crippen molar-refractivity contribution in [3.63, 3.8) is 0 Å². The predicted octanol–water partition coefficient (Wildman–Crippen LogP) is 1.20. The Balaban J connectivity index is 1.34. The van der Waals surface area contributed by atoms with Gasteiger partial charge in [-0.25, -0.2) is 9.67 Å². The van der Waals surface area contributed by atoms with Crippen LogP contribution in [0.2, 0.25) is 5.02 Å². The SMILES string of the molecule is Cc1ccc(=O)n(CC(=O)N2CCN(Cc3cn4cc(Cl)ccc4n3)CC2)n1. The zero-order chi connectivity index (χ0) is 19.7. The zero-order valence-electron chi connectivity index (χ0n) is 15.6. The number of hydrogen-bond acceptors (Lipinski definition) is 5. The minimum Gasteiger partial charge on any atom is -0.339 e. The van der Waals surface area contributed by atoms with E-state index >= 15 is 0 Å². The van der Waals surface area contributed by atoms with Gasteiger partial charge in [-0.2, -0.15) is 5.10 Å². The van der Waals surface area contributed by atoms with E-state index in [1.807, 2.05) is 28.9 Å². The van der Waals surface area contributed by atoms with Gasteiger partial charge in [0.1, 0.15) is 12.2 Å². The van der Waals surface area contributed by atoms with Gasteiger partial charge in [0, 0.05) is 51.2 Å². The molecular formula is C19H21ClN6O2. The Bertz CT molecular complexity index is 1070. The molecule has 9 heteroatoms. The summed E-state index contributed by atoms with van der Waals surface area (Å²) >= 11 is 6.02. The lowest BCUT2D eigenvalue weighted by Gasteiger charge is -2.34. The highest BCUT2D eigenvalue weighted by molar-refractivity contribution is 6.30. The molecule has 4 heterocycles. The van der Waals surface area contributed by atoms with Gasteiger partial charge >= 0.3 is 0 Å². The topological polar surface area (TPSA) is 75.7 Å². The van der Waals surface area contributed by atoms with Crippen LogP contribution < -0.4 is 5.56 Å². The van der Waals surface area contributed by atoms with Gasteiger partial charge in [-0.05, 0) is 25.1 Å². The fourth-order valence-electron chi connectivity index (χ4n) is 3.37. The van der Waals surface area contributed by atoms with Crippen molar-refractivity contribution >= 4 is 23.2 Å². The standard InChI is InChI=1S/C19H21ClN6O2/c1-14-2-5-18(27)26(22-14)13-19(28)24-8-6-23(7-9-24)11-16-12-25-10-15(20)3-4-17(25)21-16/h2-5,10,12H,6-9,11,13H2,1H3. The molecule has 1 aliphatic heterocycles. The van der Waals surface area contributed by atoms with E-state index in [-0.39, 0.29) is 18.0 Å². The first-order valence-corrected chi connectivity index (χ1v) is 9.54. The molecule has 1 aliphatic rings. The molecule has 3 aromatic rings. The van der Waals surface area contributed by atoms with Gasteiger partial charge in [0.25, 0.3) is 5.56 Å². The summed E-state index contributed by atoms with van der Waals surface area (Å²) in [4.78, 5) is 33.0. The van der Waals surface area contributed by atoms with Crippen LogP contribution >= 0.6 is 11.6 Å². The van der Waals surface area contributed by atoms with Crippen LogP contribution in [-0.4, -0.2) is 61.1 Å². The van der Waals surface area contributed by atoms with Crippen LogP contribution in [-0.2, 0) is 17.9 Å². The highest BCUT2D eigenvalue weighted by Crippen LogP contribution is 2.14. The molecule has 146 valence electrons. The lowest BCUT2D eigenvalue weighted by molar-refractivity contribution is -0.133. The van der Waals surface area contributed by atoms with E-state index in [1.54, 1.807) is 17.9 Å². The minimum atomic E-state index is -0.260. The van der Waals surface area contributed by atoms with Crippen molar-refractivity contribution in [1.82, 2.24) is 29.0 Å². The monoisotopic (exact) mass is 400 g/mol. The molecule has 1 amide bonds. The smallest absolute Gasteiger partial charge is 0.267 e. The molecule has 8 nitrogen and oxygen atoms in total. The van der Waals surface area contributed by atoms with Crippen LogP contribution in [0.15, 0.2) is 41.5 Å². The van der Waals surface area contributed by atoms with Gasteiger partial charge in [0.2, 0.25) is 5.91 Å². The summed E-state index contributed by atoms with van der Waals surface area (Å²) in [6.45, 7) is 5.27. The van der Waals surface area contributed by atoms with Gasteiger partial charge in [-0.15, -0.1) is 0 Å². The summed E-state index contributed by atoms with van der Waals surface area (Å²) in [5, 5.41) is 4.80. The van der Waals surface area contributed by atoms with E-state index in [2.05, 4.69) is 15.0 Å². The van der Waals surface area contributed by atoms with Crippen molar-refractivity contribution in [2.75, 3.05) is 26.2 Å². The molecule has 0 bridgehead atoms. The summed E-state index contributed by atoms with van der Waals surface area (Å²) in [7, 11) is 0.